The zero-order chi connectivity index (χ0) is 89.2. The first-order chi connectivity index (χ1) is 64.8. The van der Waals surface area contributed by atoms with Gasteiger partial charge in [-0.05, 0) is 317 Å². The molecule has 2 heteroatoms. The first-order valence-corrected chi connectivity index (χ1v) is 47.6. The Morgan fingerprint density at radius 3 is 1.47 bits per heavy atom. The first-order valence-electron chi connectivity index (χ1n) is 47.6. The van der Waals surface area contributed by atoms with Gasteiger partial charge in [-0.15, -0.1) is 0 Å². The van der Waals surface area contributed by atoms with Crippen LogP contribution in [0.15, 0.2) is 388 Å². The molecule has 0 heterocycles. The summed E-state index contributed by atoms with van der Waals surface area (Å²) >= 11 is 0. The Hall–Kier alpha value is -15.2. The van der Waals surface area contributed by atoms with Gasteiger partial charge in [0.1, 0.15) is 0 Å². The summed E-state index contributed by atoms with van der Waals surface area (Å²) in [5.74, 6) is 0. The fraction of sp³-hybridized carbons (Fsp3) is 0.130. The third kappa shape index (κ3) is 10.6. The summed E-state index contributed by atoms with van der Waals surface area (Å²) in [6, 6.07) is 151. The molecule has 2 spiro atoms. The summed E-state index contributed by atoms with van der Waals surface area (Å²) in [5, 5.41) is 14.9. The molecule has 0 bridgehead atoms. The first kappa shape index (κ1) is 77.7. The van der Waals surface area contributed by atoms with E-state index in [4.69, 9.17) is 0 Å². The van der Waals surface area contributed by atoms with Crippen LogP contribution in [0.3, 0.4) is 0 Å². The van der Waals surface area contributed by atoms with Crippen LogP contribution >= 0.6 is 0 Å². The van der Waals surface area contributed by atoms with Crippen LogP contribution in [-0.2, 0) is 32.5 Å². The van der Waals surface area contributed by atoms with Crippen LogP contribution < -0.4 is 10.2 Å². The largest absolute Gasteiger partial charge is 0.355 e. The molecule has 133 heavy (non-hydrogen) atoms. The lowest BCUT2D eigenvalue weighted by atomic mass is 9.59. The number of hydrogen-bond donors (Lipinski definition) is 1. The topological polar surface area (TPSA) is 15.3 Å². The van der Waals surface area contributed by atoms with Crippen LogP contribution in [0.1, 0.15) is 163 Å². The van der Waals surface area contributed by atoms with Gasteiger partial charge in [-0.2, -0.15) is 0 Å². The minimum absolute atomic E-state index is 0.123. The van der Waals surface area contributed by atoms with E-state index in [1.807, 2.05) is 0 Å². The number of nitrogens with zero attached hydrogens (tertiary/aromatic N) is 1. The Kier molecular flexibility index (Phi) is 16.2. The van der Waals surface area contributed by atoms with Gasteiger partial charge in [0.15, 0.2) is 0 Å². The van der Waals surface area contributed by atoms with Gasteiger partial charge in [-0.1, -0.05) is 396 Å². The maximum Gasteiger partial charge on any atom is 0.0726 e. The van der Waals surface area contributed by atoms with E-state index in [1.165, 1.54) is 238 Å². The van der Waals surface area contributed by atoms with Gasteiger partial charge in [-0.3, -0.25) is 0 Å². The monoisotopic (exact) mass is 1700 g/mol. The van der Waals surface area contributed by atoms with Crippen molar-refractivity contribution in [3.8, 4) is 100 Å². The summed E-state index contributed by atoms with van der Waals surface area (Å²) < 4.78 is 0. The minimum Gasteiger partial charge on any atom is -0.355 e. The number of hydrogen-bond acceptors (Lipinski definition) is 2. The second kappa shape index (κ2) is 27.7. The van der Waals surface area contributed by atoms with Crippen LogP contribution in [0.4, 0.5) is 28.4 Å². The SMILES string of the molecule is Cc1ccccc1-c1ccccc1-c1cc2c(cc1Nc1ccc3c(c1)C(C)(CC1=Cc4cc5c(c6cccc1c46)-c1cccc4cccc(c14)C51c4ccccc4-c4ccc(N(c5ccc6c(c5)C(C)(C)c5ccccc5-6)c5ccccc5-c5ccccc5)cc41)c1ccccc1-3)C1(c3ccccc3-2)c2cc(C(C)(C)C)c3ccccc3c2-c2ccc(C(C)(C)C)c3cccc1c23. The van der Waals surface area contributed by atoms with Crippen LogP contribution in [0.5, 0.6) is 0 Å². The fourth-order valence-electron chi connectivity index (χ4n) is 26.4. The fourth-order valence-corrected chi connectivity index (χ4v) is 26.4. The molecule has 0 saturated carbocycles. The number of benzene rings is 20. The average molecular weight is 1700 g/mol. The van der Waals surface area contributed by atoms with Gasteiger partial charge in [0.25, 0.3) is 0 Å². The van der Waals surface area contributed by atoms with Crippen molar-refractivity contribution in [1.82, 2.24) is 0 Å². The molecular formula is C131H98N2. The van der Waals surface area contributed by atoms with Crippen molar-refractivity contribution in [2.45, 2.75) is 108 Å². The van der Waals surface area contributed by atoms with Crippen LogP contribution in [-0.4, -0.2) is 0 Å². The van der Waals surface area contributed by atoms with E-state index >= 15 is 0 Å². The molecule has 20 aromatic rings. The van der Waals surface area contributed by atoms with E-state index < -0.39 is 16.2 Å². The van der Waals surface area contributed by atoms with E-state index in [9.17, 15) is 0 Å². The number of para-hydroxylation sites is 1. The Morgan fingerprint density at radius 1 is 0.278 bits per heavy atom. The highest BCUT2D eigenvalue weighted by molar-refractivity contribution is 6.21. The lowest BCUT2D eigenvalue weighted by Crippen LogP contribution is -2.33. The van der Waals surface area contributed by atoms with Crippen LogP contribution in [0.25, 0.3) is 155 Å². The number of rotatable bonds is 10. The van der Waals surface area contributed by atoms with E-state index in [1.54, 1.807) is 0 Å². The minimum atomic E-state index is -0.750. The molecule has 20 aromatic carbocycles. The van der Waals surface area contributed by atoms with Gasteiger partial charge in [0.2, 0.25) is 0 Å². The van der Waals surface area contributed by atoms with E-state index in [-0.39, 0.29) is 16.2 Å². The summed E-state index contributed by atoms with van der Waals surface area (Å²) in [4.78, 5) is 2.57. The number of nitrogens with one attached hydrogen (secondary N) is 1. The Bertz CT molecular complexity index is 8600. The third-order valence-corrected chi connectivity index (χ3v) is 32.1. The molecule has 27 rings (SSSR count). The molecule has 1 N–H and O–H groups in total. The molecule has 0 radical (unpaired) electrons. The molecule has 0 saturated heterocycles. The molecule has 632 valence electrons. The molecule has 3 atom stereocenters. The number of fused-ring (bicyclic) bond motifs is 27. The Labute approximate surface area is 779 Å². The van der Waals surface area contributed by atoms with Crippen LogP contribution in [0, 0.1) is 6.92 Å². The summed E-state index contributed by atoms with van der Waals surface area (Å²) in [5.41, 5.74) is 49.3. The molecule has 0 aliphatic heterocycles. The quantitative estimate of drug-likeness (QED) is 0.147. The van der Waals surface area contributed by atoms with Gasteiger partial charge < -0.3 is 10.2 Å². The zero-order valence-corrected chi connectivity index (χ0v) is 76.7. The van der Waals surface area contributed by atoms with E-state index in [0.717, 1.165) is 40.4 Å². The standard InChI is InChI=1S/C131H98N2/c1-77-34-14-15-39-85(77)88-41-16-17-42-89(88)104-73-103-94-47-23-28-56-109(94)131(111-58-33-50-99-105(126(2,3)4)67-66-102(124(99)111)123-98-48-19-18-46-93(98)112(74-118(123)131)127(5,6)7)116(103)75-119(104)132-82-60-63-96-91-44-21-26-54-107(91)129(10,114(96)70-82)76-81-68-80-69-117-125(100-52-32-49-87(81)121(80)100)101-51-30-37-79-38-31-57-110(122(79)101)130(117)108-55-27-22-45-92(108)97-65-62-84(72-115(97)130)133(120-59-29-24-40-86(120)78-35-12-11-13-36-78)83-61-64-95-90-43-20-25-53-106(90)128(8,9)113(95)71-83/h11-75,132H,76H2,1-10H3. The van der Waals surface area contributed by atoms with Gasteiger partial charge in [-0.25, -0.2) is 0 Å². The highest BCUT2D eigenvalue weighted by Crippen LogP contribution is 2.69. The van der Waals surface area contributed by atoms with E-state index in [0.29, 0.717) is 0 Å². The van der Waals surface area contributed by atoms with Gasteiger partial charge in [0, 0.05) is 44.7 Å². The molecule has 7 aliphatic carbocycles. The maximum atomic E-state index is 4.44. The molecule has 7 aliphatic rings. The van der Waals surface area contributed by atoms with Crippen molar-refractivity contribution in [2.24, 2.45) is 0 Å². The number of anilines is 5. The summed E-state index contributed by atoms with van der Waals surface area (Å²) in [6.07, 6.45) is 3.38. The van der Waals surface area contributed by atoms with Gasteiger partial charge >= 0.3 is 0 Å². The highest BCUT2D eigenvalue weighted by atomic mass is 15.1. The van der Waals surface area contributed by atoms with E-state index in [2.05, 4.69) is 474 Å². The molecule has 0 aromatic heterocycles. The van der Waals surface area contributed by atoms with Gasteiger partial charge in [0.05, 0.1) is 16.5 Å². The van der Waals surface area contributed by atoms with Crippen molar-refractivity contribution in [3.05, 3.63) is 483 Å². The van der Waals surface area contributed by atoms with Crippen molar-refractivity contribution >= 4 is 83.2 Å². The lowest BCUT2D eigenvalue weighted by Gasteiger charge is -2.42. The van der Waals surface area contributed by atoms with Crippen molar-refractivity contribution in [1.29, 1.82) is 0 Å². The predicted octanol–water partition coefficient (Wildman–Crippen LogP) is 34.6. The second-order valence-electron chi connectivity index (χ2n) is 41.5. The average Bonchev–Trinajstić information content (AvgIpc) is 1.53. The zero-order valence-electron chi connectivity index (χ0n) is 76.7. The lowest BCUT2D eigenvalue weighted by molar-refractivity contribution is 0.593. The third-order valence-electron chi connectivity index (χ3n) is 32.1. The molecular weight excluding hydrogens is 1600 g/mol. The van der Waals surface area contributed by atoms with Crippen molar-refractivity contribution in [2.75, 3.05) is 10.2 Å². The Balaban J connectivity index is 0.646. The highest BCUT2D eigenvalue weighted by Gasteiger charge is 2.55. The molecule has 0 amide bonds. The summed E-state index contributed by atoms with van der Waals surface area (Å²) in [7, 11) is 0. The summed E-state index contributed by atoms with van der Waals surface area (Å²) in [6.45, 7) is 24.0. The maximum absolute atomic E-state index is 4.44. The van der Waals surface area contributed by atoms with Crippen LogP contribution in [0.2, 0.25) is 0 Å². The number of allylic oxidation sites excluding steroid dienone is 1. The normalized spacial score (nSPS) is 17.0. The Morgan fingerprint density at radius 2 is 0.752 bits per heavy atom. The molecule has 0 fully saturated rings. The molecule has 3 unspecified atom stereocenters. The smallest absolute Gasteiger partial charge is 0.0726 e. The van der Waals surface area contributed by atoms with Crippen molar-refractivity contribution < 1.29 is 0 Å². The van der Waals surface area contributed by atoms with Crippen molar-refractivity contribution in [3.63, 3.8) is 0 Å². The predicted molar refractivity (Wildman–Crippen MR) is 560 cm³/mol. The second-order valence-corrected chi connectivity index (χ2v) is 41.5. The molecule has 2 nitrogen and oxygen atoms in total. The number of aryl methyl sites for hydroxylation is 1.